The Bertz CT molecular complexity index is 646. The number of fused-ring (bicyclic) bond motifs is 1. The third-order valence-electron chi connectivity index (χ3n) is 3.94. The molecule has 0 bridgehead atoms. The molecular formula is C16H16FNO. The van der Waals surface area contributed by atoms with E-state index in [1.165, 1.54) is 13.0 Å². The summed E-state index contributed by atoms with van der Waals surface area (Å²) < 4.78 is 13.5. The molecule has 0 unspecified atom stereocenters. The van der Waals surface area contributed by atoms with Crippen LogP contribution < -0.4 is 5.32 Å². The standard InChI is InChI=1S/C16H16FNO/c1-11(19)18-10-16(7-8-16)15-4-2-3-12-5-6-13(17)9-14(12)15/h2-6,9H,7-8,10H2,1H3,(H,18,19). The second-order valence-corrected chi connectivity index (χ2v) is 5.36. The van der Waals surface area contributed by atoms with Crippen molar-refractivity contribution in [2.75, 3.05) is 6.54 Å². The lowest BCUT2D eigenvalue weighted by atomic mass is 9.90. The first-order valence-electron chi connectivity index (χ1n) is 6.54. The summed E-state index contributed by atoms with van der Waals surface area (Å²) in [7, 11) is 0. The summed E-state index contributed by atoms with van der Waals surface area (Å²) >= 11 is 0. The molecule has 1 saturated carbocycles. The van der Waals surface area contributed by atoms with Gasteiger partial charge in [-0.15, -0.1) is 0 Å². The van der Waals surface area contributed by atoms with Crippen molar-refractivity contribution in [1.82, 2.24) is 5.32 Å². The Morgan fingerprint density at radius 2 is 2.11 bits per heavy atom. The van der Waals surface area contributed by atoms with Crippen LogP contribution in [0.4, 0.5) is 4.39 Å². The van der Waals surface area contributed by atoms with Gasteiger partial charge in [-0.1, -0.05) is 24.3 Å². The van der Waals surface area contributed by atoms with E-state index in [2.05, 4.69) is 11.4 Å². The fraction of sp³-hybridized carbons (Fsp3) is 0.312. The van der Waals surface area contributed by atoms with Crippen LogP contribution in [0.1, 0.15) is 25.3 Å². The quantitative estimate of drug-likeness (QED) is 0.899. The van der Waals surface area contributed by atoms with Gasteiger partial charge >= 0.3 is 0 Å². The van der Waals surface area contributed by atoms with Gasteiger partial charge in [-0.2, -0.15) is 0 Å². The third-order valence-corrected chi connectivity index (χ3v) is 3.94. The Balaban J connectivity index is 2.05. The fourth-order valence-electron chi connectivity index (χ4n) is 2.69. The van der Waals surface area contributed by atoms with Crippen molar-refractivity contribution in [2.45, 2.75) is 25.2 Å². The maximum absolute atomic E-state index is 13.5. The summed E-state index contributed by atoms with van der Waals surface area (Å²) in [5.74, 6) is -0.229. The number of hydrogen-bond donors (Lipinski definition) is 1. The third kappa shape index (κ3) is 2.21. The minimum Gasteiger partial charge on any atom is -0.355 e. The number of nitrogens with one attached hydrogen (secondary N) is 1. The molecule has 0 heterocycles. The number of rotatable bonds is 3. The van der Waals surface area contributed by atoms with Gasteiger partial charge in [0.2, 0.25) is 5.91 Å². The topological polar surface area (TPSA) is 29.1 Å². The summed E-state index contributed by atoms with van der Waals surface area (Å²) in [6, 6.07) is 10.9. The van der Waals surface area contributed by atoms with Crippen LogP contribution in [0.25, 0.3) is 10.8 Å². The predicted octanol–water partition coefficient (Wildman–Crippen LogP) is 3.15. The van der Waals surface area contributed by atoms with E-state index >= 15 is 0 Å². The van der Waals surface area contributed by atoms with Gasteiger partial charge in [-0.05, 0) is 41.3 Å². The molecule has 0 spiro atoms. The van der Waals surface area contributed by atoms with Gasteiger partial charge < -0.3 is 5.32 Å². The van der Waals surface area contributed by atoms with Crippen molar-refractivity contribution in [3.05, 3.63) is 47.8 Å². The number of halogens is 1. The summed E-state index contributed by atoms with van der Waals surface area (Å²) in [5, 5.41) is 4.91. The van der Waals surface area contributed by atoms with E-state index in [4.69, 9.17) is 0 Å². The average Bonchev–Trinajstić information content (AvgIpc) is 3.17. The normalized spacial score (nSPS) is 16.3. The molecule has 0 saturated heterocycles. The Morgan fingerprint density at radius 3 is 2.79 bits per heavy atom. The zero-order valence-electron chi connectivity index (χ0n) is 10.9. The van der Waals surface area contributed by atoms with E-state index in [9.17, 15) is 9.18 Å². The summed E-state index contributed by atoms with van der Waals surface area (Å²) in [5.41, 5.74) is 1.15. The number of benzene rings is 2. The fourth-order valence-corrected chi connectivity index (χ4v) is 2.69. The molecule has 1 fully saturated rings. The van der Waals surface area contributed by atoms with Gasteiger partial charge in [0.1, 0.15) is 5.82 Å². The second kappa shape index (κ2) is 4.34. The van der Waals surface area contributed by atoms with Crippen LogP contribution in [0.3, 0.4) is 0 Å². The molecule has 1 N–H and O–H groups in total. The molecule has 3 rings (SSSR count). The zero-order chi connectivity index (χ0) is 13.5. The second-order valence-electron chi connectivity index (χ2n) is 5.36. The van der Waals surface area contributed by atoms with Gasteiger partial charge in [-0.3, -0.25) is 4.79 Å². The number of amides is 1. The smallest absolute Gasteiger partial charge is 0.216 e. The van der Waals surface area contributed by atoms with Crippen molar-refractivity contribution >= 4 is 16.7 Å². The molecule has 19 heavy (non-hydrogen) atoms. The minimum absolute atomic E-state index is 0.00102. The van der Waals surface area contributed by atoms with E-state index in [-0.39, 0.29) is 17.1 Å². The number of hydrogen-bond acceptors (Lipinski definition) is 1. The summed E-state index contributed by atoms with van der Waals surface area (Å²) in [6.07, 6.45) is 2.09. The van der Waals surface area contributed by atoms with Gasteiger partial charge in [0.15, 0.2) is 0 Å². The number of carbonyl (C=O) groups excluding carboxylic acids is 1. The number of carbonyl (C=O) groups is 1. The van der Waals surface area contributed by atoms with Crippen LogP contribution in [0.2, 0.25) is 0 Å². The Kier molecular flexibility index (Phi) is 2.77. The molecule has 1 amide bonds. The lowest BCUT2D eigenvalue weighted by Crippen LogP contribution is -2.30. The van der Waals surface area contributed by atoms with Gasteiger partial charge in [-0.25, -0.2) is 4.39 Å². The molecule has 2 nitrogen and oxygen atoms in total. The summed E-state index contributed by atoms with van der Waals surface area (Å²) in [4.78, 5) is 11.1. The Hall–Kier alpha value is -1.90. The lowest BCUT2D eigenvalue weighted by molar-refractivity contribution is -0.119. The van der Waals surface area contributed by atoms with Gasteiger partial charge in [0.05, 0.1) is 0 Å². The molecule has 2 aromatic rings. The first-order valence-corrected chi connectivity index (χ1v) is 6.54. The molecule has 0 atom stereocenters. The van der Waals surface area contributed by atoms with E-state index in [0.29, 0.717) is 6.54 Å². The molecule has 0 aliphatic heterocycles. The van der Waals surface area contributed by atoms with Crippen molar-refractivity contribution < 1.29 is 9.18 Å². The van der Waals surface area contributed by atoms with E-state index < -0.39 is 0 Å². The maximum Gasteiger partial charge on any atom is 0.216 e. The van der Waals surface area contributed by atoms with E-state index in [1.807, 2.05) is 18.2 Å². The van der Waals surface area contributed by atoms with Gasteiger partial charge in [0.25, 0.3) is 0 Å². The van der Waals surface area contributed by atoms with Crippen molar-refractivity contribution in [3.63, 3.8) is 0 Å². The van der Waals surface area contributed by atoms with Crippen molar-refractivity contribution in [1.29, 1.82) is 0 Å². The van der Waals surface area contributed by atoms with Crippen LogP contribution in [0.5, 0.6) is 0 Å². The molecular weight excluding hydrogens is 241 g/mol. The highest BCUT2D eigenvalue weighted by atomic mass is 19.1. The zero-order valence-corrected chi connectivity index (χ0v) is 10.9. The Morgan fingerprint density at radius 1 is 1.32 bits per heavy atom. The van der Waals surface area contributed by atoms with Crippen LogP contribution in [0.15, 0.2) is 36.4 Å². The minimum atomic E-state index is -0.213. The highest BCUT2D eigenvalue weighted by Crippen LogP contribution is 2.49. The summed E-state index contributed by atoms with van der Waals surface area (Å²) in [6.45, 7) is 2.16. The SMILES string of the molecule is CC(=O)NCC1(c2cccc3ccc(F)cc23)CC1. The van der Waals surface area contributed by atoms with Crippen LogP contribution in [0, 0.1) is 5.82 Å². The molecule has 2 aromatic carbocycles. The lowest BCUT2D eigenvalue weighted by Gasteiger charge is -2.18. The first-order chi connectivity index (χ1) is 9.11. The molecule has 1 aliphatic carbocycles. The predicted molar refractivity (Wildman–Crippen MR) is 73.5 cm³/mol. The molecule has 3 heteroatoms. The first kappa shape index (κ1) is 12.2. The monoisotopic (exact) mass is 257 g/mol. The largest absolute Gasteiger partial charge is 0.355 e. The van der Waals surface area contributed by atoms with E-state index in [0.717, 1.165) is 29.2 Å². The van der Waals surface area contributed by atoms with Crippen molar-refractivity contribution in [2.24, 2.45) is 0 Å². The van der Waals surface area contributed by atoms with Gasteiger partial charge in [0, 0.05) is 18.9 Å². The Labute approximate surface area is 111 Å². The molecule has 98 valence electrons. The average molecular weight is 257 g/mol. The molecule has 1 aliphatic rings. The van der Waals surface area contributed by atoms with Crippen molar-refractivity contribution in [3.8, 4) is 0 Å². The van der Waals surface area contributed by atoms with Crippen LogP contribution in [-0.4, -0.2) is 12.5 Å². The highest BCUT2D eigenvalue weighted by Gasteiger charge is 2.45. The maximum atomic E-state index is 13.5. The van der Waals surface area contributed by atoms with E-state index in [1.54, 1.807) is 6.07 Å². The highest BCUT2D eigenvalue weighted by molar-refractivity contribution is 5.87. The molecule has 0 radical (unpaired) electrons. The molecule has 0 aromatic heterocycles. The van der Waals surface area contributed by atoms with Crippen LogP contribution >= 0.6 is 0 Å². The van der Waals surface area contributed by atoms with Crippen LogP contribution in [-0.2, 0) is 10.2 Å².